The zero-order valence-electron chi connectivity index (χ0n) is 23.8. The van der Waals surface area contributed by atoms with E-state index in [4.69, 9.17) is 4.98 Å². The van der Waals surface area contributed by atoms with Crippen LogP contribution in [0.5, 0.6) is 0 Å². The fourth-order valence-electron chi connectivity index (χ4n) is 6.57. The summed E-state index contributed by atoms with van der Waals surface area (Å²) in [5.41, 5.74) is 11.5. The third kappa shape index (κ3) is 3.77. The molecule has 190 valence electrons. The van der Waals surface area contributed by atoms with Gasteiger partial charge in [-0.05, 0) is 97.8 Å². The highest BCUT2D eigenvalue weighted by molar-refractivity contribution is 6.82. The fraction of sp³-hybridized carbons (Fsp3) is 0.265. The average molecular weight is 497 g/mol. The molecule has 3 nitrogen and oxygen atoms in total. The van der Waals surface area contributed by atoms with Crippen molar-refractivity contribution < 1.29 is 0 Å². The number of hydrogen-bond donors (Lipinski definition) is 0. The Kier molecular flexibility index (Phi) is 5.57. The van der Waals surface area contributed by atoms with Crippen LogP contribution in [0.2, 0.25) is 0 Å². The zero-order chi connectivity index (χ0) is 26.9. The van der Waals surface area contributed by atoms with E-state index in [1.54, 1.807) is 0 Å². The Balaban J connectivity index is 1.55. The van der Waals surface area contributed by atoms with Crippen LogP contribution >= 0.6 is 0 Å². The van der Waals surface area contributed by atoms with Gasteiger partial charge >= 0.3 is 6.98 Å². The van der Waals surface area contributed by atoms with Crippen molar-refractivity contribution in [3.05, 3.63) is 95.2 Å². The summed E-state index contributed by atoms with van der Waals surface area (Å²) >= 11 is 0. The van der Waals surface area contributed by atoms with Crippen LogP contribution in [0.1, 0.15) is 43.0 Å². The lowest BCUT2D eigenvalue weighted by molar-refractivity contribution is 0.596. The summed E-state index contributed by atoms with van der Waals surface area (Å²) in [6, 6.07) is 24.8. The first kappa shape index (κ1) is 24.5. The number of nitrogens with zero attached hydrogens (tertiary/aromatic N) is 3. The number of anilines is 2. The van der Waals surface area contributed by atoms with Gasteiger partial charge in [0.2, 0.25) is 0 Å². The smallest absolute Gasteiger partial charge is 0.393 e. The van der Waals surface area contributed by atoms with Crippen molar-refractivity contribution in [2.75, 3.05) is 23.7 Å². The molecule has 0 fully saturated rings. The number of hydrogen-bond acceptors (Lipinski definition) is 3. The maximum atomic E-state index is 4.96. The van der Waals surface area contributed by atoms with Crippen LogP contribution in [0.25, 0.3) is 32.8 Å². The van der Waals surface area contributed by atoms with Gasteiger partial charge in [0.05, 0.1) is 5.69 Å². The highest BCUT2D eigenvalue weighted by atomic mass is 15.3. The van der Waals surface area contributed by atoms with Crippen LogP contribution in [0, 0.1) is 20.8 Å². The lowest BCUT2D eigenvalue weighted by atomic mass is 9.62. The first-order chi connectivity index (χ1) is 18.0. The minimum atomic E-state index is 0.0291. The molecule has 0 aliphatic carbocycles. The SMILES string of the molecule is Cc1cc(C)c(B2N(C)c3cc4ccnc(-c5cc(C(C)(C)C)c6ccccc6c5)c4cc3N2C)c(C)c1. The Morgan fingerprint density at radius 2 is 1.34 bits per heavy atom. The fourth-order valence-corrected chi connectivity index (χ4v) is 6.57. The maximum absolute atomic E-state index is 4.96. The van der Waals surface area contributed by atoms with Crippen LogP contribution < -0.4 is 15.1 Å². The summed E-state index contributed by atoms with van der Waals surface area (Å²) in [5, 5.41) is 4.99. The third-order valence-electron chi connectivity index (χ3n) is 8.29. The van der Waals surface area contributed by atoms with E-state index < -0.39 is 0 Å². The first-order valence-electron chi connectivity index (χ1n) is 13.5. The molecule has 2 heterocycles. The molecule has 0 saturated heterocycles. The summed E-state index contributed by atoms with van der Waals surface area (Å²) in [4.78, 5) is 9.81. The minimum absolute atomic E-state index is 0.0291. The van der Waals surface area contributed by atoms with E-state index in [1.807, 2.05) is 6.20 Å². The molecule has 0 unspecified atom stereocenters. The van der Waals surface area contributed by atoms with E-state index in [2.05, 4.69) is 132 Å². The molecule has 0 spiro atoms. The lowest BCUT2D eigenvalue weighted by Gasteiger charge is -2.27. The van der Waals surface area contributed by atoms with Gasteiger partial charge < -0.3 is 9.62 Å². The maximum Gasteiger partial charge on any atom is 0.411 e. The summed E-state index contributed by atoms with van der Waals surface area (Å²) < 4.78 is 0. The number of aryl methyl sites for hydroxylation is 3. The van der Waals surface area contributed by atoms with Crippen molar-refractivity contribution in [2.24, 2.45) is 0 Å². The van der Waals surface area contributed by atoms with Crippen molar-refractivity contribution in [3.8, 4) is 11.3 Å². The van der Waals surface area contributed by atoms with Crippen LogP contribution in [-0.4, -0.2) is 26.1 Å². The van der Waals surface area contributed by atoms with E-state index >= 15 is 0 Å². The first-order valence-corrected chi connectivity index (χ1v) is 13.5. The van der Waals surface area contributed by atoms with Crippen molar-refractivity contribution in [2.45, 2.75) is 47.0 Å². The molecule has 0 atom stereocenters. The van der Waals surface area contributed by atoms with Gasteiger partial charge in [0.15, 0.2) is 0 Å². The second-order valence-electron chi connectivity index (χ2n) is 12.1. The van der Waals surface area contributed by atoms with Crippen LogP contribution in [0.4, 0.5) is 11.4 Å². The van der Waals surface area contributed by atoms with E-state index in [0.717, 1.165) is 5.69 Å². The van der Waals surface area contributed by atoms with Crippen molar-refractivity contribution >= 4 is 45.4 Å². The van der Waals surface area contributed by atoms with Crippen LogP contribution in [0.3, 0.4) is 0 Å². The quantitative estimate of drug-likeness (QED) is 0.235. The van der Waals surface area contributed by atoms with Gasteiger partial charge in [0, 0.05) is 28.5 Å². The Morgan fingerprint density at radius 1 is 0.711 bits per heavy atom. The molecule has 6 rings (SSSR count). The molecule has 38 heavy (non-hydrogen) atoms. The van der Waals surface area contributed by atoms with Gasteiger partial charge in [-0.2, -0.15) is 0 Å². The Morgan fingerprint density at radius 3 is 2.03 bits per heavy atom. The molecule has 0 amide bonds. The van der Waals surface area contributed by atoms with Crippen molar-refractivity contribution in [1.82, 2.24) is 4.98 Å². The predicted octanol–water partition coefficient (Wildman–Crippen LogP) is 7.56. The summed E-state index contributed by atoms with van der Waals surface area (Å²) in [6.45, 7) is 13.7. The largest absolute Gasteiger partial charge is 0.411 e. The number of fused-ring (bicyclic) bond motifs is 3. The Bertz CT molecular complexity index is 1710. The van der Waals surface area contributed by atoms with Gasteiger partial charge in [-0.15, -0.1) is 0 Å². The zero-order valence-corrected chi connectivity index (χ0v) is 23.8. The monoisotopic (exact) mass is 497 g/mol. The van der Waals surface area contributed by atoms with Gasteiger partial charge in [0.1, 0.15) is 0 Å². The second-order valence-corrected chi connectivity index (χ2v) is 12.1. The van der Waals surface area contributed by atoms with E-state index in [9.17, 15) is 0 Å². The van der Waals surface area contributed by atoms with Gasteiger partial charge in [-0.25, -0.2) is 0 Å². The molecule has 4 aromatic carbocycles. The summed E-state index contributed by atoms with van der Waals surface area (Å²) in [6.07, 6.45) is 1.96. The number of aromatic nitrogens is 1. The van der Waals surface area contributed by atoms with Gasteiger partial charge in [-0.3, -0.25) is 4.98 Å². The summed E-state index contributed by atoms with van der Waals surface area (Å²) in [5.74, 6) is 0. The lowest BCUT2D eigenvalue weighted by Crippen LogP contribution is -2.55. The van der Waals surface area contributed by atoms with Gasteiger partial charge in [-0.1, -0.05) is 73.9 Å². The molecule has 5 aromatic rings. The van der Waals surface area contributed by atoms with Crippen LogP contribution in [-0.2, 0) is 5.41 Å². The minimum Gasteiger partial charge on any atom is -0.393 e. The molecule has 0 radical (unpaired) electrons. The van der Waals surface area contributed by atoms with Crippen molar-refractivity contribution in [3.63, 3.8) is 0 Å². The predicted molar refractivity (Wildman–Crippen MR) is 166 cm³/mol. The molecule has 0 N–H and O–H groups in total. The Labute approximate surface area is 227 Å². The molecule has 1 aliphatic heterocycles. The highest BCUT2D eigenvalue weighted by Crippen LogP contribution is 2.42. The normalized spacial score (nSPS) is 13.6. The molecular formula is C34H36BN3. The molecule has 0 bridgehead atoms. The number of pyridine rings is 1. The van der Waals surface area contributed by atoms with Crippen LogP contribution in [0.15, 0.2) is 72.9 Å². The third-order valence-corrected chi connectivity index (χ3v) is 8.29. The van der Waals surface area contributed by atoms with Crippen molar-refractivity contribution in [1.29, 1.82) is 0 Å². The van der Waals surface area contributed by atoms with Gasteiger partial charge in [0.25, 0.3) is 0 Å². The van der Waals surface area contributed by atoms with E-state index in [1.165, 1.54) is 66.2 Å². The molecule has 1 aromatic heterocycles. The standard InChI is InChI=1S/C34H36BN3/c1-21-15-22(2)32(23(3)16-21)35-37(7)30-19-25-13-14-36-33(28(25)20-31(30)38(35)8)26-17-24-11-9-10-12-27(24)29(18-26)34(4,5)6/h9-20H,1-8H3. The molecule has 4 heteroatoms. The number of rotatable bonds is 2. The number of benzene rings is 4. The second kappa shape index (κ2) is 8.63. The molecule has 1 aliphatic rings. The average Bonchev–Trinajstić information content (AvgIpc) is 3.10. The molecular weight excluding hydrogens is 461 g/mol. The summed E-state index contributed by atoms with van der Waals surface area (Å²) in [7, 11) is 4.44. The Hall–Kier alpha value is -3.79. The topological polar surface area (TPSA) is 19.4 Å². The highest BCUT2D eigenvalue weighted by Gasteiger charge is 2.39. The molecule has 0 saturated carbocycles. The van der Waals surface area contributed by atoms with E-state index in [0.29, 0.717) is 0 Å². The van der Waals surface area contributed by atoms with E-state index in [-0.39, 0.29) is 12.4 Å².